The molecule has 0 radical (unpaired) electrons. The molecule has 0 spiro atoms. The van der Waals surface area contributed by atoms with Gasteiger partial charge in [0.25, 0.3) is 0 Å². The van der Waals surface area contributed by atoms with Crippen molar-refractivity contribution < 1.29 is 0 Å². The molecule has 1 unspecified atom stereocenters. The molecule has 1 aliphatic rings. The van der Waals surface area contributed by atoms with Crippen LogP contribution in [0, 0.1) is 5.92 Å². The Kier molecular flexibility index (Phi) is 2.85. The van der Waals surface area contributed by atoms with E-state index in [-0.39, 0.29) is 0 Å². The van der Waals surface area contributed by atoms with Crippen molar-refractivity contribution in [1.29, 1.82) is 0 Å². The van der Waals surface area contributed by atoms with E-state index in [0.717, 1.165) is 0 Å². The smallest absolute Gasteiger partial charge is 0.000536 e. The molecule has 0 fully saturated rings. The van der Waals surface area contributed by atoms with Crippen molar-refractivity contribution in [3.8, 4) is 0 Å². The number of hydrogen-bond donors (Lipinski definition) is 0. The van der Waals surface area contributed by atoms with Crippen molar-refractivity contribution in [2.24, 2.45) is 5.92 Å². The van der Waals surface area contributed by atoms with Gasteiger partial charge in [-0.25, -0.2) is 0 Å². The van der Waals surface area contributed by atoms with E-state index in [0.29, 0.717) is 5.92 Å². The first-order valence-corrected chi connectivity index (χ1v) is 3.79. The molecule has 0 heterocycles. The predicted octanol–water partition coefficient (Wildman–Crippen LogP) is 3.10. The van der Waals surface area contributed by atoms with Gasteiger partial charge in [-0.1, -0.05) is 29.8 Å². The maximum absolute atomic E-state index is 5.43. The third kappa shape index (κ3) is 2.23. The highest BCUT2D eigenvalue weighted by Gasteiger charge is 2.03. The molecule has 0 N–H and O–H groups in total. The fraction of sp³-hybridized carbons (Fsp3) is 0.500. The van der Waals surface area contributed by atoms with E-state index in [1.165, 1.54) is 19.3 Å². The Labute approximate surface area is 61.2 Å². The SMILES string of the molecule is Cl/C=C/C1CC=CCC1. The Morgan fingerprint density at radius 1 is 1.44 bits per heavy atom. The molecule has 0 nitrogen and oxygen atoms in total. The van der Waals surface area contributed by atoms with Gasteiger partial charge in [-0.05, 0) is 25.2 Å². The van der Waals surface area contributed by atoms with Crippen molar-refractivity contribution in [2.75, 3.05) is 0 Å². The first-order valence-electron chi connectivity index (χ1n) is 3.35. The lowest BCUT2D eigenvalue weighted by Gasteiger charge is -2.11. The van der Waals surface area contributed by atoms with Crippen LogP contribution in [0.3, 0.4) is 0 Å². The Morgan fingerprint density at radius 2 is 2.33 bits per heavy atom. The van der Waals surface area contributed by atoms with Crippen LogP contribution in [-0.2, 0) is 0 Å². The molecule has 0 amide bonds. The van der Waals surface area contributed by atoms with E-state index >= 15 is 0 Å². The average Bonchev–Trinajstić information content (AvgIpc) is 1.91. The molecule has 0 saturated heterocycles. The van der Waals surface area contributed by atoms with E-state index in [4.69, 9.17) is 11.6 Å². The molecule has 1 heteroatoms. The number of halogens is 1. The van der Waals surface area contributed by atoms with Crippen LogP contribution in [0.4, 0.5) is 0 Å². The van der Waals surface area contributed by atoms with Crippen molar-refractivity contribution in [1.82, 2.24) is 0 Å². The first kappa shape index (κ1) is 6.88. The summed E-state index contributed by atoms with van der Waals surface area (Å²) in [5.41, 5.74) is 1.63. The highest BCUT2D eigenvalue weighted by molar-refractivity contribution is 6.25. The van der Waals surface area contributed by atoms with Crippen LogP contribution < -0.4 is 0 Å². The predicted molar refractivity (Wildman–Crippen MR) is 41.5 cm³/mol. The van der Waals surface area contributed by atoms with Gasteiger partial charge in [0.2, 0.25) is 0 Å². The van der Waals surface area contributed by atoms with Gasteiger partial charge >= 0.3 is 0 Å². The molecule has 1 rings (SSSR count). The number of allylic oxidation sites excluding steroid dienone is 3. The van der Waals surface area contributed by atoms with Crippen molar-refractivity contribution in [3.63, 3.8) is 0 Å². The van der Waals surface area contributed by atoms with Crippen LogP contribution in [0.2, 0.25) is 0 Å². The summed E-state index contributed by atoms with van der Waals surface area (Å²) >= 11 is 5.43. The summed E-state index contributed by atoms with van der Waals surface area (Å²) < 4.78 is 0. The van der Waals surface area contributed by atoms with Gasteiger partial charge in [0.15, 0.2) is 0 Å². The van der Waals surface area contributed by atoms with E-state index in [9.17, 15) is 0 Å². The third-order valence-electron chi connectivity index (χ3n) is 1.65. The zero-order valence-electron chi connectivity index (χ0n) is 5.39. The maximum Gasteiger partial charge on any atom is 0.000536 e. The molecule has 0 saturated carbocycles. The molecule has 0 bridgehead atoms. The highest BCUT2D eigenvalue weighted by Crippen LogP contribution is 2.19. The molecular formula is C8H11Cl. The summed E-state index contributed by atoms with van der Waals surface area (Å²) in [4.78, 5) is 0. The second kappa shape index (κ2) is 3.73. The van der Waals surface area contributed by atoms with Gasteiger partial charge in [0, 0.05) is 5.54 Å². The highest BCUT2D eigenvalue weighted by atomic mass is 35.5. The Morgan fingerprint density at radius 3 is 2.89 bits per heavy atom. The minimum atomic E-state index is 0.701. The quantitative estimate of drug-likeness (QED) is 0.494. The van der Waals surface area contributed by atoms with Crippen LogP contribution in [-0.4, -0.2) is 0 Å². The van der Waals surface area contributed by atoms with Gasteiger partial charge in [0.05, 0.1) is 0 Å². The lowest BCUT2D eigenvalue weighted by Crippen LogP contribution is -1.97. The molecular weight excluding hydrogens is 132 g/mol. The topological polar surface area (TPSA) is 0 Å². The number of hydrogen-bond acceptors (Lipinski definition) is 0. The third-order valence-corrected chi connectivity index (χ3v) is 1.80. The van der Waals surface area contributed by atoms with Crippen LogP contribution in [0.5, 0.6) is 0 Å². The Bertz CT molecular complexity index is 125. The summed E-state index contributed by atoms with van der Waals surface area (Å²) in [6.45, 7) is 0. The van der Waals surface area contributed by atoms with Gasteiger partial charge < -0.3 is 0 Å². The van der Waals surface area contributed by atoms with E-state index in [2.05, 4.69) is 18.2 Å². The standard InChI is InChI=1S/C8H11Cl/c9-7-6-8-4-2-1-3-5-8/h1-2,6-8H,3-5H2/b7-6+. The van der Waals surface area contributed by atoms with E-state index in [1.54, 1.807) is 5.54 Å². The molecule has 1 aliphatic carbocycles. The van der Waals surface area contributed by atoms with Crippen molar-refractivity contribution in [2.45, 2.75) is 19.3 Å². The second-order valence-electron chi connectivity index (χ2n) is 2.36. The summed E-state index contributed by atoms with van der Waals surface area (Å²) in [5.74, 6) is 0.701. The van der Waals surface area contributed by atoms with Gasteiger partial charge in [-0.2, -0.15) is 0 Å². The maximum atomic E-state index is 5.43. The monoisotopic (exact) mass is 142 g/mol. The first-order chi connectivity index (χ1) is 4.43. The summed E-state index contributed by atoms with van der Waals surface area (Å²) in [5, 5.41) is 0. The fourth-order valence-corrected chi connectivity index (χ4v) is 1.30. The molecule has 0 aliphatic heterocycles. The normalized spacial score (nSPS) is 27.4. The van der Waals surface area contributed by atoms with Crippen LogP contribution in [0.15, 0.2) is 23.8 Å². The number of rotatable bonds is 1. The zero-order chi connectivity index (χ0) is 6.53. The summed E-state index contributed by atoms with van der Waals surface area (Å²) in [6, 6.07) is 0. The van der Waals surface area contributed by atoms with Crippen LogP contribution in [0.25, 0.3) is 0 Å². The van der Waals surface area contributed by atoms with E-state index in [1.807, 2.05) is 0 Å². The molecule has 0 aromatic carbocycles. The molecule has 50 valence electrons. The minimum absolute atomic E-state index is 0.701. The van der Waals surface area contributed by atoms with E-state index < -0.39 is 0 Å². The van der Waals surface area contributed by atoms with Crippen LogP contribution >= 0.6 is 11.6 Å². The Hall–Kier alpha value is -0.230. The lowest BCUT2D eigenvalue weighted by molar-refractivity contribution is 0.584. The summed E-state index contributed by atoms with van der Waals surface area (Å²) in [6.07, 6.45) is 10.2. The molecule has 0 aromatic heterocycles. The molecule has 1 atom stereocenters. The van der Waals surface area contributed by atoms with Gasteiger partial charge in [0.1, 0.15) is 0 Å². The summed E-state index contributed by atoms with van der Waals surface area (Å²) in [7, 11) is 0. The zero-order valence-corrected chi connectivity index (χ0v) is 6.14. The average molecular weight is 143 g/mol. The van der Waals surface area contributed by atoms with Crippen molar-refractivity contribution in [3.05, 3.63) is 23.8 Å². The van der Waals surface area contributed by atoms with Gasteiger partial charge in [-0.3, -0.25) is 0 Å². The molecule has 0 aromatic rings. The van der Waals surface area contributed by atoms with Crippen molar-refractivity contribution >= 4 is 11.6 Å². The fourth-order valence-electron chi connectivity index (χ4n) is 1.09. The Balaban J connectivity index is 2.35. The van der Waals surface area contributed by atoms with Crippen LogP contribution in [0.1, 0.15) is 19.3 Å². The second-order valence-corrected chi connectivity index (χ2v) is 2.61. The largest absolute Gasteiger partial charge is 0.0933 e. The minimum Gasteiger partial charge on any atom is -0.0933 e. The van der Waals surface area contributed by atoms with Gasteiger partial charge in [-0.15, -0.1) is 0 Å². The molecule has 9 heavy (non-hydrogen) atoms. The lowest BCUT2D eigenvalue weighted by atomic mass is 9.95.